The van der Waals surface area contributed by atoms with Crippen LogP contribution in [-0.2, 0) is 0 Å². The monoisotopic (exact) mass is 298 g/mol. The second-order valence-electron chi connectivity index (χ2n) is 4.88. The van der Waals surface area contributed by atoms with Crippen molar-refractivity contribution >= 4 is 21.7 Å². The van der Waals surface area contributed by atoms with Gasteiger partial charge in [-0.05, 0) is 21.8 Å². The molecule has 1 aromatic heterocycles. The zero-order valence-corrected chi connectivity index (χ0v) is 12.0. The first kappa shape index (κ1) is 12.8. The van der Waals surface area contributed by atoms with Gasteiger partial charge in [0.25, 0.3) is 0 Å². The van der Waals surface area contributed by atoms with E-state index in [1.807, 2.05) is 6.07 Å². The maximum absolute atomic E-state index is 4.32. The minimum Gasteiger partial charge on any atom is -0.354 e. The Balaban J connectivity index is 1.91. The molecule has 2 rings (SSSR count). The third-order valence-electron chi connectivity index (χ3n) is 2.94. The Hall–Kier alpha value is -0.680. The van der Waals surface area contributed by atoms with E-state index in [1.54, 1.807) is 6.33 Å². The highest BCUT2D eigenvalue weighted by Gasteiger charge is 2.18. The first-order valence-electron chi connectivity index (χ1n) is 6.10. The van der Waals surface area contributed by atoms with E-state index in [2.05, 4.69) is 49.5 Å². The van der Waals surface area contributed by atoms with Crippen LogP contribution in [0.15, 0.2) is 17.0 Å². The summed E-state index contributed by atoms with van der Waals surface area (Å²) in [4.78, 5) is 13.2. The van der Waals surface area contributed by atoms with Gasteiger partial charge in [-0.15, -0.1) is 0 Å². The molecule has 1 aliphatic rings. The fraction of sp³-hybridized carbons (Fsp3) is 0.667. The molecule has 0 aliphatic carbocycles. The molecule has 0 N–H and O–H groups in total. The molecule has 0 bridgehead atoms. The Morgan fingerprint density at radius 1 is 1.24 bits per heavy atom. The van der Waals surface area contributed by atoms with Gasteiger partial charge in [0.2, 0.25) is 0 Å². The summed E-state index contributed by atoms with van der Waals surface area (Å²) in [7, 11) is 0. The summed E-state index contributed by atoms with van der Waals surface area (Å²) in [5.74, 6) is 1.77. The molecule has 1 aromatic rings. The number of piperazine rings is 1. The van der Waals surface area contributed by atoms with Gasteiger partial charge < -0.3 is 4.90 Å². The zero-order chi connectivity index (χ0) is 12.3. The number of hydrogen-bond donors (Lipinski definition) is 0. The highest BCUT2D eigenvalue weighted by atomic mass is 79.9. The van der Waals surface area contributed by atoms with Crippen molar-refractivity contribution in [3.63, 3.8) is 0 Å². The average Bonchev–Trinajstić information content (AvgIpc) is 2.29. The van der Waals surface area contributed by atoms with E-state index in [0.717, 1.165) is 42.5 Å². The predicted octanol–water partition coefficient (Wildman–Crippen LogP) is 2.02. The molecule has 0 saturated carbocycles. The highest BCUT2D eigenvalue weighted by molar-refractivity contribution is 9.10. The molecule has 94 valence electrons. The summed E-state index contributed by atoms with van der Waals surface area (Å²) >= 11 is 3.39. The van der Waals surface area contributed by atoms with Crippen molar-refractivity contribution in [3.05, 3.63) is 17.0 Å². The van der Waals surface area contributed by atoms with Crippen LogP contribution in [0.3, 0.4) is 0 Å². The van der Waals surface area contributed by atoms with Gasteiger partial charge in [-0.1, -0.05) is 13.8 Å². The van der Waals surface area contributed by atoms with Crippen LogP contribution in [0.4, 0.5) is 5.82 Å². The van der Waals surface area contributed by atoms with Gasteiger partial charge in [0, 0.05) is 38.8 Å². The molecule has 0 amide bonds. The van der Waals surface area contributed by atoms with Crippen LogP contribution in [-0.4, -0.2) is 47.6 Å². The summed E-state index contributed by atoms with van der Waals surface area (Å²) in [5, 5.41) is 0. The largest absolute Gasteiger partial charge is 0.354 e. The number of nitrogens with zero attached hydrogens (tertiary/aromatic N) is 4. The Labute approximate surface area is 111 Å². The van der Waals surface area contributed by atoms with Gasteiger partial charge in [-0.3, -0.25) is 4.90 Å². The van der Waals surface area contributed by atoms with Crippen molar-refractivity contribution in [2.45, 2.75) is 13.8 Å². The van der Waals surface area contributed by atoms with Crippen molar-refractivity contribution < 1.29 is 0 Å². The maximum Gasteiger partial charge on any atom is 0.133 e. The fourth-order valence-electron chi connectivity index (χ4n) is 2.17. The number of anilines is 1. The van der Waals surface area contributed by atoms with Crippen LogP contribution in [0.1, 0.15) is 13.8 Å². The van der Waals surface area contributed by atoms with E-state index in [0.29, 0.717) is 0 Å². The third-order valence-corrected chi connectivity index (χ3v) is 3.37. The molecule has 1 saturated heterocycles. The molecule has 0 aromatic carbocycles. The van der Waals surface area contributed by atoms with Crippen molar-refractivity contribution in [2.24, 2.45) is 5.92 Å². The Morgan fingerprint density at radius 2 is 1.94 bits per heavy atom. The van der Waals surface area contributed by atoms with Gasteiger partial charge in [-0.25, -0.2) is 9.97 Å². The molecule has 1 fully saturated rings. The molecule has 4 nitrogen and oxygen atoms in total. The number of aromatic nitrogens is 2. The summed E-state index contributed by atoms with van der Waals surface area (Å²) < 4.78 is 0.854. The number of hydrogen-bond acceptors (Lipinski definition) is 4. The maximum atomic E-state index is 4.32. The van der Waals surface area contributed by atoms with Gasteiger partial charge in [0.15, 0.2) is 0 Å². The van der Waals surface area contributed by atoms with Gasteiger partial charge in [0.1, 0.15) is 16.7 Å². The van der Waals surface area contributed by atoms with Crippen molar-refractivity contribution in [1.82, 2.24) is 14.9 Å². The molecule has 1 aliphatic heterocycles. The normalized spacial score (nSPS) is 17.8. The van der Waals surface area contributed by atoms with E-state index in [9.17, 15) is 0 Å². The molecule has 0 spiro atoms. The average molecular weight is 299 g/mol. The fourth-order valence-corrected chi connectivity index (χ4v) is 2.47. The summed E-state index contributed by atoms with van der Waals surface area (Å²) in [6, 6.07) is 1.98. The first-order chi connectivity index (χ1) is 8.15. The van der Waals surface area contributed by atoms with Gasteiger partial charge in [-0.2, -0.15) is 0 Å². The summed E-state index contributed by atoms with van der Waals surface area (Å²) in [5.41, 5.74) is 0. The topological polar surface area (TPSA) is 32.3 Å². The van der Waals surface area contributed by atoms with Crippen molar-refractivity contribution in [2.75, 3.05) is 37.6 Å². The van der Waals surface area contributed by atoms with E-state index in [1.165, 1.54) is 6.54 Å². The Morgan fingerprint density at radius 3 is 2.53 bits per heavy atom. The van der Waals surface area contributed by atoms with Crippen LogP contribution in [0.5, 0.6) is 0 Å². The minimum absolute atomic E-state index is 0.745. The zero-order valence-electron chi connectivity index (χ0n) is 10.4. The van der Waals surface area contributed by atoms with Gasteiger partial charge in [0.05, 0.1) is 0 Å². The summed E-state index contributed by atoms with van der Waals surface area (Å²) in [6.07, 6.45) is 1.61. The van der Waals surface area contributed by atoms with Crippen LogP contribution >= 0.6 is 15.9 Å². The molecule has 2 heterocycles. The van der Waals surface area contributed by atoms with E-state index in [-0.39, 0.29) is 0 Å². The molecular formula is C12H19BrN4. The van der Waals surface area contributed by atoms with Crippen molar-refractivity contribution in [1.29, 1.82) is 0 Å². The predicted molar refractivity (Wildman–Crippen MR) is 73.2 cm³/mol. The minimum atomic E-state index is 0.745. The molecule has 5 heteroatoms. The lowest BCUT2D eigenvalue weighted by Crippen LogP contribution is -2.47. The van der Waals surface area contributed by atoms with E-state index < -0.39 is 0 Å². The number of rotatable bonds is 3. The number of halogens is 1. The van der Waals surface area contributed by atoms with E-state index in [4.69, 9.17) is 0 Å². The standard InChI is InChI=1S/C12H19BrN4/c1-10(2)8-16-3-5-17(6-4-16)12-7-11(13)14-9-15-12/h7,9-10H,3-6,8H2,1-2H3. The SMILES string of the molecule is CC(C)CN1CCN(c2cc(Br)ncn2)CC1. The van der Waals surface area contributed by atoms with Crippen LogP contribution < -0.4 is 4.90 Å². The highest BCUT2D eigenvalue weighted by Crippen LogP contribution is 2.16. The quantitative estimate of drug-likeness (QED) is 0.799. The molecule has 0 unspecified atom stereocenters. The molecule has 0 atom stereocenters. The molecular weight excluding hydrogens is 280 g/mol. The molecule has 0 radical (unpaired) electrons. The lowest BCUT2D eigenvalue weighted by atomic mass is 10.2. The van der Waals surface area contributed by atoms with Crippen LogP contribution in [0.2, 0.25) is 0 Å². The third kappa shape index (κ3) is 3.64. The van der Waals surface area contributed by atoms with Crippen molar-refractivity contribution in [3.8, 4) is 0 Å². The van der Waals surface area contributed by atoms with Crippen LogP contribution in [0, 0.1) is 5.92 Å². The molecule has 17 heavy (non-hydrogen) atoms. The van der Waals surface area contributed by atoms with Gasteiger partial charge >= 0.3 is 0 Å². The second kappa shape index (κ2) is 5.78. The lowest BCUT2D eigenvalue weighted by Gasteiger charge is -2.36. The van der Waals surface area contributed by atoms with Crippen LogP contribution in [0.25, 0.3) is 0 Å². The summed E-state index contributed by atoms with van der Waals surface area (Å²) in [6.45, 7) is 10.1. The Kier molecular flexibility index (Phi) is 4.34. The lowest BCUT2D eigenvalue weighted by molar-refractivity contribution is 0.231. The van der Waals surface area contributed by atoms with E-state index >= 15 is 0 Å². The first-order valence-corrected chi connectivity index (χ1v) is 6.89. The Bertz CT molecular complexity index is 361. The smallest absolute Gasteiger partial charge is 0.133 e. The second-order valence-corrected chi connectivity index (χ2v) is 5.69.